The number of rotatable bonds is 4. The van der Waals surface area contributed by atoms with Gasteiger partial charge in [-0.3, -0.25) is 14.9 Å². The van der Waals surface area contributed by atoms with E-state index in [-0.39, 0.29) is 18.2 Å². The summed E-state index contributed by atoms with van der Waals surface area (Å²) in [6.07, 6.45) is 0.136. The summed E-state index contributed by atoms with van der Waals surface area (Å²) in [5.74, 6) is 0.288. The second-order valence-electron chi connectivity index (χ2n) is 4.13. The average molecular weight is 265 g/mol. The molecule has 1 unspecified atom stereocenters. The number of amides is 2. The maximum Gasteiger partial charge on any atom is 0.234 e. The van der Waals surface area contributed by atoms with Gasteiger partial charge in [0, 0.05) is 6.42 Å². The van der Waals surface area contributed by atoms with E-state index in [4.69, 9.17) is 14.2 Å². The van der Waals surface area contributed by atoms with Crippen LogP contribution < -0.4 is 19.5 Å². The normalized spacial score (nSPS) is 18.2. The molecule has 6 heteroatoms. The van der Waals surface area contributed by atoms with Gasteiger partial charge in [-0.15, -0.1) is 0 Å². The Morgan fingerprint density at radius 2 is 1.63 bits per heavy atom. The van der Waals surface area contributed by atoms with Crippen LogP contribution >= 0.6 is 0 Å². The lowest BCUT2D eigenvalue weighted by atomic mass is 9.96. The Bertz CT molecular complexity index is 501. The number of hydrogen-bond acceptors (Lipinski definition) is 5. The maximum atomic E-state index is 11.7. The third-order valence-corrected chi connectivity index (χ3v) is 3.06. The zero-order chi connectivity index (χ0) is 14.0. The van der Waals surface area contributed by atoms with E-state index in [1.54, 1.807) is 12.1 Å². The molecule has 0 aliphatic carbocycles. The second kappa shape index (κ2) is 5.17. The lowest BCUT2D eigenvalue weighted by molar-refractivity contribution is -0.125. The van der Waals surface area contributed by atoms with Gasteiger partial charge in [0.1, 0.15) is 0 Å². The topological polar surface area (TPSA) is 73.9 Å². The van der Waals surface area contributed by atoms with Crippen LogP contribution in [-0.4, -0.2) is 33.1 Å². The molecule has 0 saturated carbocycles. The molecule has 0 spiro atoms. The van der Waals surface area contributed by atoms with Crippen molar-refractivity contribution in [1.82, 2.24) is 5.32 Å². The minimum Gasteiger partial charge on any atom is -0.493 e. The van der Waals surface area contributed by atoms with Gasteiger partial charge in [-0.2, -0.15) is 0 Å². The summed E-state index contributed by atoms with van der Waals surface area (Å²) >= 11 is 0. The lowest BCUT2D eigenvalue weighted by Crippen LogP contribution is -2.21. The Kier molecular flexibility index (Phi) is 3.59. The van der Waals surface area contributed by atoms with Crippen LogP contribution in [0.3, 0.4) is 0 Å². The predicted molar refractivity (Wildman–Crippen MR) is 66.6 cm³/mol. The Labute approximate surface area is 110 Å². The lowest BCUT2D eigenvalue weighted by Gasteiger charge is -2.15. The average Bonchev–Trinajstić information content (AvgIpc) is 2.75. The largest absolute Gasteiger partial charge is 0.493 e. The summed E-state index contributed by atoms with van der Waals surface area (Å²) in [5.41, 5.74) is 0.665. The molecule has 1 N–H and O–H groups in total. The molecule has 0 bridgehead atoms. The fourth-order valence-electron chi connectivity index (χ4n) is 2.13. The van der Waals surface area contributed by atoms with Crippen molar-refractivity contribution < 1.29 is 23.8 Å². The molecule has 0 radical (unpaired) electrons. The molecule has 1 aromatic rings. The molecule has 2 amide bonds. The molecule has 1 atom stereocenters. The highest BCUT2D eigenvalue weighted by molar-refractivity contribution is 6.06. The molecule has 2 rings (SSSR count). The number of benzene rings is 1. The number of imide groups is 1. The van der Waals surface area contributed by atoms with Crippen LogP contribution in [0.2, 0.25) is 0 Å². The summed E-state index contributed by atoms with van der Waals surface area (Å²) in [6.45, 7) is 0. The SMILES string of the molecule is COc1cc(C2CC(=O)NC2=O)cc(OC)c1OC. The van der Waals surface area contributed by atoms with E-state index in [9.17, 15) is 9.59 Å². The van der Waals surface area contributed by atoms with Gasteiger partial charge < -0.3 is 14.2 Å². The first-order valence-corrected chi connectivity index (χ1v) is 5.74. The molecular weight excluding hydrogens is 250 g/mol. The third kappa shape index (κ3) is 2.33. The molecule has 1 aliphatic heterocycles. The Morgan fingerprint density at radius 1 is 1.05 bits per heavy atom. The van der Waals surface area contributed by atoms with Crippen LogP contribution in [0.15, 0.2) is 12.1 Å². The molecule has 1 fully saturated rings. The summed E-state index contributed by atoms with van der Waals surface area (Å²) in [7, 11) is 4.51. The monoisotopic (exact) mass is 265 g/mol. The van der Waals surface area contributed by atoms with Gasteiger partial charge in [-0.25, -0.2) is 0 Å². The quantitative estimate of drug-likeness (QED) is 0.817. The van der Waals surface area contributed by atoms with E-state index < -0.39 is 5.92 Å². The zero-order valence-electron chi connectivity index (χ0n) is 11.0. The van der Waals surface area contributed by atoms with E-state index in [0.717, 1.165) is 0 Å². The van der Waals surface area contributed by atoms with Crippen LogP contribution in [0.25, 0.3) is 0 Å². The first-order chi connectivity index (χ1) is 9.10. The van der Waals surface area contributed by atoms with Gasteiger partial charge in [-0.05, 0) is 17.7 Å². The standard InChI is InChI=1S/C13H15NO5/c1-17-9-4-7(5-10(18-2)12(9)19-3)8-6-11(15)14-13(8)16/h4-5,8H,6H2,1-3H3,(H,14,15,16). The van der Waals surface area contributed by atoms with Gasteiger partial charge in [0.2, 0.25) is 17.6 Å². The molecule has 1 aliphatic rings. The molecule has 1 aromatic carbocycles. The molecule has 19 heavy (non-hydrogen) atoms. The highest BCUT2D eigenvalue weighted by Crippen LogP contribution is 2.41. The number of carbonyl (C=O) groups excluding carboxylic acids is 2. The summed E-state index contributed by atoms with van der Waals surface area (Å²) < 4.78 is 15.6. The minimum absolute atomic E-state index is 0.136. The van der Waals surface area contributed by atoms with Crippen LogP contribution in [0.4, 0.5) is 0 Å². The molecule has 102 valence electrons. The van der Waals surface area contributed by atoms with E-state index in [2.05, 4.69) is 5.32 Å². The highest BCUT2D eigenvalue weighted by atomic mass is 16.5. The smallest absolute Gasteiger partial charge is 0.234 e. The summed E-state index contributed by atoms with van der Waals surface area (Å²) in [5, 5.41) is 2.28. The number of carbonyl (C=O) groups is 2. The van der Waals surface area contributed by atoms with E-state index >= 15 is 0 Å². The van der Waals surface area contributed by atoms with Gasteiger partial charge in [0.05, 0.1) is 27.2 Å². The van der Waals surface area contributed by atoms with Gasteiger partial charge >= 0.3 is 0 Å². The fraction of sp³-hybridized carbons (Fsp3) is 0.385. The minimum atomic E-state index is -0.513. The van der Waals surface area contributed by atoms with Crippen molar-refractivity contribution >= 4 is 11.8 Å². The van der Waals surface area contributed by atoms with Gasteiger partial charge in [0.15, 0.2) is 11.5 Å². The second-order valence-corrected chi connectivity index (χ2v) is 4.13. The highest BCUT2D eigenvalue weighted by Gasteiger charge is 2.33. The number of methoxy groups -OCH3 is 3. The van der Waals surface area contributed by atoms with Crippen molar-refractivity contribution in [2.75, 3.05) is 21.3 Å². The number of nitrogens with one attached hydrogen (secondary N) is 1. The van der Waals surface area contributed by atoms with Crippen molar-refractivity contribution in [2.24, 2.45) is 0 Å². The van der Waals surface area contributed by atoms with Crippen LogP contribution in [0, 0.1) is 0 Å². The third-order valence-electron chi connectivity index (χ3n) is 3.06. The molecule has 6 nitrogen and oxygen atoms in total. The predicted octanol–water partition coefficient (Wildman–Crippen LogP) is 0.842. The van der Waals surface area contributed by atoms with Crippen LogP contribution in [0.5, 0.6) is 17.2 Å². The number of ether oxygens (including phenoxy) is 3. The molecule has 0 aromatic heterocycles. The summed E-state index contributed by atoms with van der Waals surface area (Å²) in [4.78, 5) is 22.9. The fourth-order valence-corrected chi connectivity index (χ4v) is 2.13. The van der Waals surface area contributed by atoms with Crippen LogP contribution in [0.1, 0.15) is 17.9 Å². The van der Waals surface area contributed by atoms with Crippen molar-refractivity contribution in [1.29, 1.82) is 0 Å². The van der Waals surface area contributed by atoms with E-state index in [1.165, 1.54) is 21.3 Å². The Morgan fingerprint density at radius 3 is 2.00 bits per heavy atom. The summed E-state index contributed by atoms with van der Waals surface area (Å²) in [6, 6.07) is 3.37. The first kappa shape index (κ1) is 13.2. The van der Waals surface area contributed by atoms with Gasteiger partial charge in [-0.1, -0.05) is 0 Å². The zero-order valence-corrected chi connectivity index (χ0v) is 11.0. The Hall–Kier alpha value is -2.24. The molecular formula is C13H15NO5. The van der Waals surface area contributed by atoms with Crippen molar-refractivity contribution in [3.8, 4) is 17.2 Å². The Balaban J connectivity index is 2.47. The first-order valence-electron chi connectivity index (χ1n) is 5.74. The van der Waals surface area contributed by atoms with Crippen molar-refractivity contribution in [3.63, 3.8) is 0 Å². The van der Waals surface area contributed by atoms with Crippen LogP contribution in [-0.2, 0) is 9.59 Å². The van der Waals surface area contributed by atoms with E-state index in [0.29, 0.717) is 22.8 Å². The van der Waals surface area contributed by atoms with Crippen molar-refractivity contribution in [2.45, 2.75) is 12.3 Å². The number of hydrogen-bond donors (Lipinski definition) is 1. The van der Waals surface area contributed by atoms with Gasteiger partial charge in [0.25, 0.3) is 0 Å². The van der Waals surface area contributed by atoms with E-state index in [1.807, 2.05) is 0 Å². The van der Waals surface area contributed by atoms with Crippen molar-refractivity contribution in [3.05, 3.63) is 17.7 Å². The molecule has 1 saturated heterocycles. The molecule has 1 heterocycles. The maximum absolute atomic E-state index is 11.7.